The van der Waals surface area contributed by atoms with Crippen LogP contribution in [0.2, 0.25) is 0 Å². The number of benzene rings is 1. The third kappa shape index (κ3) is 5.39. The van der Waals surface area contributed by atoms with Crippen LogP contribution in [0, 0.1) is 11.3 Å². The smallest absolute Gasteiger partial charge is 0.189 e. The van der Waals surface area contributed by atoms with Gasteiger partial charge in [-0.1, -0.05) is 68.4 Å². The minimum atomic E-state index is 0.0905. The number of anilines is 1. The van der Waals surface area contributed by atoms with E-state index in [1.165, 1.54) is 48.6 Å². The molecule has 4 nitrogen and oxygen atoms in total. The van der Waals surface area contributed by atoms with Gasteiger partial charge in [0.15, 0.2) is 5.16 Å². The molecular formula is C24H30N4S. The van der Waals surface area contributed by atoms with Crippen LogP contribution in [0.1, 0.15) is 64.0 Å². The first kappa shape index (κ1) is 21.4. The van der Waals surface area contributed by atoms with Gasteiger partial charge in [-0.15, -0.1) is 0 Å². The Hall–Kier alpha value is -2.32. The first-order chi connectivity index (χ1) is 13.9. The maximum Gasteiger partial charge on any atom is 0.189 e. The van der Waals surface area contributed by atoms with Gasteiger partial charge in [0, 0.05) is 12.1 Å². The molecular weight excluding hydrogens is 376 g/mol. The number of nitrogens with one attached hydrogen (secondary N) is 1. The van der Waals surface area contributed by atoms with Crippen molar-refractivity contribution in [3.63, 3.8) is 0 Å². The number of aromatic nitrogens is 2. The molecule has 0 unspecified atom stereocenters. The summed E-state index contributed by atoms with van der Waals surface area (Å²) in [6.45, 7) is 7.38. The fraction of sp³-hybridized carbons (Fsp3) is 0.458. The Labute approximate surface area is 178 Å². The molecule has 0 radical (unpaired) electrons. The van der Waals surface area contributed by atoms with E-state index in [1.807, 2.05) is 6.26 Å². The molecule has 0 amide bonds. The Balaban J connectivity index is 1.88. The summed E-state index contributed by atoms with van der Waals surface area (Å²) in [4.78, 5) is 9.25. The lowest BCUT2D eigenvalue weighted by molar-refractivity contribution is 0.590. The zero-order valence-corrected chi connectivity index (χ0v) is 18.7. The summed E-state index contributed by atoms with van der Waals surface area (Å²) in [5.74, 6) is 0.637. The van der Waals surface area contributed by atoms with E-state index in [9.17, 15) is 5.26 Å². The second kappa shape index (κ2) is 9.45. The molecule has 2 aromatic rings. The molecule has 0 spiro atoms. The molecule has 1 aliphatic carbocycles. The van der Waals surface area contributed by atoms with Crippen LogP contribution < -0.4 is 5.32 Å². The quantitative estimate of drug-likeness (QED) is 0.345. The Bertz CT molecular complexity index is 918. The lowest BCUT2D eigenvalue weighted by Gasteiger charge is -2.19. The third-order valence-corrected chi connectivity index (χ3v) is 5.88. The molecule has 1 aliphatic rings. The van der Waals surface area contributed by atoms with Crippen molar-refractivity contribution in [3.8, 4) is 17.3 Å². The molecule has 1 N–H and O–H groups in total. The van der Waals surface area contributed by atoms with E-state index < -0.39 is 0 Å². The summed E-state index contributed by atoms with van der Waals surface area (Å²) in [5, 5.41) is 14.0. The SMILES string of the molecule is CSc1nc(NCCC2=CCCCC2)c(C#N)c(-c2ccc(C(C)(C)C)cc2)n1. The van der Waals surface area contributed by atoms with Crippen LogP contribution in [0.15, 0.2) is 41.1 Å². The zero-order valence-electron chi connectivity index (χ0n) is 17.9. The Morgan fingerprint density at radius 3 is 2.48 bits per heavy atom. The highest BCUT2D eigenvalue weighted by Crippen LogP contribution is 2.31. The highest BCUT2D eigenvalue weighted by Gasteiger charge is 2.18. The highest BCUT2D eigenvalue weighted by atomic mass is 32.2. The number of nitrogens with zero attached hydrogens (tertiary/aromatic N) is 3. The van der Waals surface area contributed by atoms with Crippen LogP contribution in [0.4, 0.5) is 5.82 Å². The Morgan fingerprint density at radius 1 is 1.14 bits per heavy atom. The number of hydrogen-bond acceptors (Lipinski definition) is 5. The average molecular weight is 407 g/mol. The summed E-state index contributed by atoms with van der Waals surface area (Å²) < 4.78 is 0. The summed E-state index contributed by atoms with van der Waals surface area (Å²) in [5.41, 5.74) is 5.03. The predicted octanol–water partition coefficient (Wildman–Crippen LogP) is 6.34. The molecule has 1 heterocycles. The van der Waals surface area contributed by atoms with Gasteiger partial charge >= 0.3 is 0 Å². The number of thioether (sulfide) groups is 1. The van der Waals surface area contributed by atoms with Gasteiger partial charge in [0.1, 0.15) is 17.5 Å². The molecule has 152 valence electrons. The Morgan fingerprint density at radius 2 is 1.90 bits per heavy atom. The van der Waals surface area contributed by atoms with Crippen LogP contribution in [0.25, 0.3) is 11.3 Å². The lowest BCUT2D eigenvalue weighted by Crippen LogP contribution is -2.11. The number of nitriles is 1. The van der Waals surface area contributed by atoms with E-state index in [4.69, 9.17) is 0 Å². The summed E-state index contributed by atoms with van der Waals surface area (Å²) in [7, 11) is 0. The lowest BCUT2D eigenvalue weighted by atomic mass is 9.86. The fourth-order valence-corrected chi connectivity index (χ4v) is 3.94. The van der Waals surface area contributed by atoms with Gasteiger partial charge in [-0.05, 0) is 49.3 Å². The standard InChI is InChI=1S/C24H30N4S/c1-24(2,3)19-12-10-18(11-13-19)21-20(16-25)22(28-23(27-21)29-4)26-15-14-17-8-6-5-7-9-17/h8,10-13H,5-7,9,14-15H2,1-4H3,(H,26,27,28). The topological polar surface area (TPSA) is 61.6 Å². The molecule has 5 heteroatoms. The van der Waals surface area contributed by atoms with Gasteiger partial charge in [-0.25, -0.2) is 9.97 Å². The van der Waals surface area contributed by atoms with E-state index in [0.717, 1.165) is 18.5 Å². The fourth-order valence-electron chi connectivity index (χ4n) is 3.58. The van der Waals surface area contributed by atoms with Crippen molar-refractivity contribution in [1.29, 1.82) is 5.26 Å². The average Bonchev–Trinajstić information content (AvgIpc) is 2.73. The molecule has 3 rings (SSSR count). The molecule has 0 saturated carbocycles. The van der Waals surface area contributed by atoms with E-state index in [2.05, 4.69) is 72.5 Å². The van der Waals surface area contributed by atoms with Crippen LogP contribution in [-0.4, -0.2) is 22.8 Å². The summed E-state index contributed by atoms with van der Waals surface area (Å²) >= 11 is 1.50. The van der Waals surface area contributed by atoms with Gasteiger partial charge in [0.05, 0.1) is 5.69 Å². The van der Waals surface area contributed by atoms with Crippen LogP contribution in [0.3, 0.4) is 0 Å². The molecule has 0 aliphatic heterocycles. The largest absolute Gasteiger partial charge is 0.368 e. The number of hydrogen-bond donors (Lipinski definition) is 1. The highest BCUT2D eigenvalue weighted by molar-refractivity contribution is 7.98. The first-order valence-corrected chi connectivity index (χ1v) is 11.5. The summed E-state index contributed by atoms with van der Waals surface area (Å²) in [6.07, 6.45) is 10.3. The van der Waals surface area contributed by atoms with Gasteiger partial charge < -0.3 is 5.32 Å². The van der Waals surface area contributed by atoms with E-state index in [0.29, 0.717) is 22.2 Å². The minimum Gasteiger partial charge on any atom is -0.368 e. The van der Waals surface area contributed by atoms with Crippen LogP contribution >= 0.6 is 11.8 Å². The van der Waals surface area contributed by atoms with Crippen molar-refractivity contribution in [2.24, 2.45) is 0 Å². The zero-order chi connectivity index (χ0) is 20.9. The maximum absolute atomic E-state index is 9.87. The number of allylic oxidation sites excluding steroid dienone is 1. The number of rotatable bonds is 6. The van der Waals surface area contributed by atoms with Gasteiger partial charge in [0.2, 0.25) is 0 Å². The van der Waals surface area contributed by atoms with Crippen molar-refractivity contribution >= 4 is 17.6 Å². The van der Waals surface area contributed by atoms with Gasteiger partial charge in [0.25, 0.3) is 0 Å². The van der Waals surface area contributed by atoms with Crippen molar-refractivity contribution in [3.05, 3.63) is 47.0 Å². The Kier molecular flexibility index (Phi) is 6.97. The van der Waals surface area contributed by atoms with Crippen molar-refractivity contribution in [1.82, 2.24) is 9.97 Å². The second-order valence-corrected chi connectivity index (χ2v) is 9.28. The first-order valence-electron chi connectivity index (χ1n) is 10.3. The van der Waals surface area contributed by atoms with Crippen LogP contribution in [-0.2, 0) is 5.41 Å². The van der Waals surface area contributed by atoms with Crippen molar-refractivity contribution < 1.29 is 0 Å². The molecule has 0 atom stereocenters. The third-order valence-electron chi connectivity index (χ3n) is 5.33. The molecule has 1 aromatic carbocycles. The molecule has 0 saturated heterocycles. The predicted molar refractivity (Wildman–Crippen MR) is 122 cm³/mol. The normalized spacial score (nSPS) is 14.2. The second-order valence-electron chi connectivity index (χ2n) is 8.51. The van der Waals surface area contributed by atoms with Gasteiger partial charge in [-0.2, -0.15) is 5.26 Å². The molecule has 0 bridgehead atoms. The molecule has 0 fully saturated rings. The van der Waals surface area contributed by atoms with Gasteiger partial charge in [-0.3, -0.25) is 0 Å². The van der Waals surface area contributed by atoms with Crippen molar-refractivity contribution in [2.75, 3.05) is 18.1 Å². The summed E-state index contributed by atoms with van der Waals surface area (Å²) in [6, 6.07) is 10.7. The van der Waals surface area contributed by atoms with E-state index in [-0.39, 0.29) is 5.41 Å². The van der Waals surface area contributed by atoms with Crippen LogP contribution in [0.5, 0.6) is 0 Å². The van der Waals surface area contributed by atoms with E-state index in [1.54, 1.807) is 0 Å². The van der Waals surface area contributed by atoms with Crippen molar-refractivity contribution in [2.45, 2.75) is 63.4 Å². The molecule has 1 aromatic heterocycles. The molecule has 29 heavy (non-hydrogen) atoms. The minimum absolute atomic E-state index is 0.0905. The maximum atomic E-state index is 9.87. The van der Waals surface area contributed by atoms with E-state index >= 15 is 0 Å². The monoisotopic (exact) mass is 406 g/mol.